The molecule has 0 unspecified atom stereocenters. The van der Waals surface area contributed by atoms with E-state index in [1.807, 2.05) is 26.0 Å². The molecule has 0 bridgehead atoms. The lowest BCUT2D eigenvalue weighted by Gasteiger charge is -2.04. The first-order valence-electron chi connectivity index (χ1n) is 8.44. The fourth-order valence-corrected chi connectivity index (χ4v) is 3.86. The van der Waals surface area contributed by atoms with Gasteiger partial charge >= 0.3 is 6.01 Å². The lowest BCUT2D eigenvalue weighted by Crippen LogP contribution is -2.13. The van der Waals surface area contributed by atoms with E-state index < -0.39 is 10.0 Å². The van der Waals surface area contributed by atoms with Gasteiger partial charge in [0.15, 0.2) is 5.03 Å². The second-order valence-corrected chi connectivity index (χ2v) is 8.24. The molecule has 1 aliphatic carbocycles. The van der Waals surface area contributed by atoms with Crippen LogP contribution in [0.2, 0.25) is 0 Å². The van der Waals surface area contributed by atoms with Crippen LogP contribution in [-0.4, -0.2) is 28.2 Å². The van der Waals surface area contributed by atoms with Crippen LogP contribution in [-0.2, 0) is 22.9 Å². The third-order valence-electron chi connectivity index (χ3n) is 4.44. The van der Waals surface area contributed by atoms with Gasteiger partial charge in [0.25, 0.3) is 10.0 Å². The Morgan fingerprint density at radius 3 is 2.77 bits per heavy atom. The fourth-order valence-electron chi connectivity index (χ4n) is 2.99. The number of nitrogens with one attached hydrogen (secondary N) is 1. The Morgan fingerprint density at radius 1 is 1.19 bits per heavy atom. The first kappa shape index (κ1) is 16.8. The summed E-state index contributed by atoms with van der Waals surface area (Å²) in [6.45, 7) is 3.87. The average molecular weight is 373 g/mol. The number of fused-ring (bicyclic) bond motifs is 1. The summed E-state index contributed by atoms with van der Waals surface area (Å²) in [6, 6.07) is 5.93. The number of nitrogens with zero attached hydrogens (tertiary/aromatic N) is 4. The highest BCUT2D eigenvalue weighted by Crippen LogP contribution is 2.28. The molecular weight excluding hydrogens is 354 g/mol. The van der Waals surface area contributed by atoms with Gasteiger partial charge in [-0.25, -0.2) is 9.71 Å². The number of benzene rings is 1. The fraction of sp³-hybridized carbons (Fsp3) is 0.353. The van der Waals surface area contributed by atoms with Crippen molar-refractivity contribution in [2.45, 2.75) is 44.2 Å². The van der Waals surface area contributed by atoms with Crippen LogP contribution in [0.1, 0.15) is 37.4 Å². The van der Waals surface area contributed by atoms with E-state index >= 15 is 0 Å². The number of hydrogen-bond donors (Lipinski definition) is 1. The summed E-state index contributed by atoms with van der Waals surface area (Å²) in [4.78, 5) is 3.93. The molecule has 2 aromatic heterocycles. The van der Waals surface area contributed by atoms with Gasteiger partial charge in [-0.1, -0.05) is 11.2 Å². The van der Waals surface area contributed by atoms with Crippen LogP contribution in [0, 0.1) is 0 Å². The summed E-state index contributed by atoms with van der Waals surface area (Å²) in [7, 11) is -3.88. The molecule has 0 amide bonds. The molecule has 1 N–H and O–H groups in total. The van der Waals surface area contributed by atoms with Crippen molar-refractivity contribution in [3.05, 3.63) is 41.9 Å². The minimum atomic E-state index is -3.88. The molecule has 1 aromatic carbocycles. The van der Waals surface area contributed by atoms with Crippen LogP contribution in [0.3, 0.4) is 0 Å². The SMILES string of the molecule is CC(C)n1cnc(S(=O)(=O)Nc2nnc(-c3ccc4c(c3)CCC4)o2)c1. The van der Waals surface area contributed by atoms with Crippen LogP contribution in [0.25, 0.3) is 11.5 Å². The van der Waals surface area contributed by atoms with Crippen LogP contribution in [0.4, 0.5) is 6.01 Å². The third kappa shape index (κ3) is 3.10. The third-order valence-corrected chi connectivity index (χ3v) is 5.65. The van der Waals surface area contributed by atoms with E-state index in [9.17, 15) is 8.42 Å². The van der Waals surface area contributed by atoms with Gasteiger partial charge in [0.05, 0.1) is 6.33 Å². The summed E-state index contributed by atoms with van der Waals surface area (Å²) in [5.74, 6) is 0.283. The highest BCUT2D eigenvalue weighted by Gasteiger charge is 2.22. The predicted molar refractivity (Wildman–Crippen MR) is 95.2 cm³/mol. The van der Waals surface area contributed by atoms with Gasteiger partial charge in [0.1, 0.15) is 0 Å². The molecule has 0 fully saturated rings. The highest BCUT2D eigenvalue weighted by atomic mass is 32.2. The lowest BCUT2D eigenvalue weighted by molar-refractivity contribution is 0.575. The molecule has 0 saturated heterocycles. The molecule has 0 radical (unpaired) electrons. The van der Waals surface area contributed by atoms with E-state index in [0.717, 1.165) is 24.8 Å². The smallest absolute Gasteiger partial charge is 0.330 e. The van der Waals surface area contributed by atoms with Gasteiger partial charge in [0.2, 0.25) is 5.89 Å². The van der Waals surface area contributed by atoms with Crippen molar-refractivity contribution in [3.8, 4) is 11.5 Å². The predicted octanol–water partition coefficient (Wildman–Crippen LogP) is 2.80. The zero-order chi connectivity index (χ0) is 18.3. The molecule has 0 spiro atoms. The van der Waals surface area contributed by atoms with Crippen molar-refractivity contribution in [2.75, 3.05) is 4.72 Å². The lowest BCUT2D eigenvalue weighted by atomic mass is 10.1. The molecular formula is C17H19N5O3S. The molecule has 0 saturated carbocycles. The maximum atomic E-state index is 12.4. The molecule has 2 heterocycles. The Kier molecular flexibility index (Phi) is 4.03. The van der Waals surface area contributed by atoms with E-state index in [-0.39, 0.29) is 23.0 Å². The Labute approximate surface area is 151 Å². The molecule has 0 aliphatic heterocycles. The van der Waals surface area contributed by atoms with Crippen molar-refractivity contribution in [3.63, 3.8) is 0 Å². The number of hydrogen-bond acceptors (Lipinski definition) is 6. The number of aromatic nitrogens is 4. The van der Waals surface area contributed by atoms with Crippen LogP contribution >= 0.6 is 0 Å². The summed E-state index contributed by atoms with van der Waals surface area (Å²) < 4.78 is 34.3. The van der Waals surface area contributed by atoms with E-state index in [4.69, 9.17) is 4.42 Å². The number of aryl methyl sites for hydroxylation is 2. The number of anilines is 1. The minimum absolute atomic E-state index is 0.0940. The highest BCUT2D eigenvalue weighted by molar-refractivity contribution is 7.92. The van der Waals surface area contributed by atoms with Gasteiger partial charge in [-0.2, -0.15) is 8.42 Å². The minimum Gasteiger partial charge on any atom is -0.403 e. The van der Waals surface area contributed by atoms with Gasteiger partial charge in [-0.15, -0.1) is 5.10 Å². The maximum absolute atomic E-state index is 12.4. The molecule has 26 heavy (non-hydrogen) atoms. The Balaban J connectivity index is 1.56. The van der Waals surface area contributed by atoms with Crippen LogP contribution in [0.5, 0.6) is 0 Å². The number of rotatable bonds is 5. The molecule has 8 nitrogen and oxygen atoms in total. The van der Waals surface area contributed by atoms with E-state index in [2.05, 4.69) is 26.0 Å². The van der Waals surface area contributed by atoms with Gasteiger partial charge in [-0.3, -0.25) is 0 Å². The summed E-state index contributed by atoms with van der Waals surface area (Å²) >= 11 is 0. The van der Waals surface area contributed by atoms with E-state index in [1.165, 1.54) is 23.7 Å². The molecule has 3 aromatic rings. The van der Waals surface area contributed by atoms with Gasteiger partial charge < -0.3 is 8.98 Å². The van der Waals surface area contributed by atoms with Gasteiger partial charge in [-0.05, 0) is 56.4 Å². The topological polar surface area (TPSA) is 103 Å². The van der Waals surface area contributed by atoms with Crippen molar-refractivity contribution in [2.24, 2.45) is 0 Å². The Hall–Kier alpha value is -2.68. The largest absolute Gasteiger partial charge is 0.403 e. The van der Waals surface area contributed by atoms with Crippen LogP contribution < -0.4 is 4.72 Å². The van der Waals surface area contributed by atoms with Crippen molar-refractivity contribution in [1.82, 2.24) is 19.7 Å². The summed E-state index contributed by atoms with van der Waals surface area (Å²) in [5, 5.41) is 7.66. The first-order valence-corrected chi connectivity index (χ1v) is 9.93. The molecule has 1 aliphatic rings. The zero-order valence-electron chi connectivity index (χ0n) is 14.5. The maximum Gasteiger partial charge on any atom is 0.330 e. The zero-order valence-corrected chi connectivity index (χ0v) is 15.3. The quantitative estimate of drug-likeness (QED) is 0.738. The summed E-state index contributed by atoms with van der Waals surface area (Å²) in [6.07, 6.45) is 6.22. The van der Waals surface area contributed by atoms with E-state index in [1.54, 1.807) is 4.57 Å². The van der Waals surface area contributed by atoms with Crippen molar-refractivity contribution < 1.29 is 12.8 Å². The molecule has 4 rings (SSSR count). The second kappa shape index (κ2) is 6.24. The monoisotopic (exact) mass is 373 g/mol. The molecule has 136 valence electrons. The number of sulfonamides is 1. The Bertz CT molecular complexity index is 1050. The standard InChI is InChI=1S/C17H19N5O3S/c1-11(2)22-9-15(18-10-22)26(23,24)21-17-20-19-16(25-17)14-7-6-12-4-3-5-13(12)8-14/h6-11H,3-5H2,1-2H3,(H,20,21). The van der Waals surface area contributed by atoms with Gasteiger partial charge in [0, 0.05) is 17.8 Å². The summed E-state index contributed by atoms with van der Waals surface area (Å²) in [5.41, 5.74) is 3.41. The Morgan fingerprint density at radius 2 is 2.00 bits per heavy atom. The number of imidazole rings is 1. The van der Waals surface area contributed by atoms with E-state index in [0.29, 0.717) is 0 Å². The first-order chi connectivity index (χ1) is 12.4. The average Bonchev–Trinajstić information content (AvgIpc) is 3.33. The second-order valence-electron chi connectivity index (χ2n) is 6.61. The molecule has 9 heteroatoms. The van der Waals surface area contributed by atoms with Crippen molar-refractivity contribution >= 4 is 16.0 Å². The van der Waals surface area contributed by atoms with Crippen LogP contribution in [0.15, 0.2) is 40.2 Å². The van der Waals surface area contributed by atoms with Crippen molar-refractivity contribution in [1.29, 1.82) is 0 Å². The normalized spacial score (nSPS) is 14.0. The molecule has 0 atom stereocenters.